The zero-order valence-electron chi connectivity index (χ0n) is 14.9. The lowest BCUT2D eigenvalue weighted by Gasteiger charge is -2.14. The molecule has 0 unspecified atom stereocenters. The van der Waals surface area contributed by atoms with Gasteiger partial charge in [-0.05, 0) is 26.7 Å². The fourth-order valence-electron chi connectivity index (χ4n) is 2.05. The van der Waals surface area contributed by atoms with Gasteiger partial charge in [0.1, 0.15) is 18.1 Å². The third-order valence-electron chi connectivity index (χ3n) is 3.35. The standard InChI is InChI=1S/C17H24N4O2S.2ClH/c1-21(2)9-10-23-15-6-4-3-5-13(15)11-19-17(22)14-12-24-16(20-14)7-8-18;;/h3-6,12H,7-11,18H2,1-2H3,(H,19,22);2*1H. The second-order valence-corrected chi connectivity index (χ2v) is 6.55. The molecule has 0 saturated carbocycles. The van der Waals surface area contributed by atoms with Gasteiger partial charge in [0.05, 0.1) is 5.01 Å². The van der Waals surface area contributed by atoms with Gasteiger partial charge in [-0.3, -0.25) is 4.79 Å². The summed E-state index contributed by atoms with van der Waals surface area (Å²) >= 11 is 1.46. The van der Waals surface area contributed by atoms with E-state index in [2.05, 4.69) is 15.2 Å². The molecule has 26 heavy (non-hydrogen) atoms. The van der Waals surface area contributed by atoms with Crippen LogP contribution in [-0.4, -0.2) is 49.6 Å². The summed E-state index contributed by atoms with van der Waals surface area (Å²) in [4.78, 5) is 18.6. The molecule has 2 aromatic rings. The molecule has 0 atom stereocenters. The molecule has 2 rings (SSSR count). The first-order valence-corrected chi connectivity index (χ1v) is 8.76. The molecule has 0 fully saturated rings. The molecule has 6 nitrogen and oxygen atoms in total. The number of benzene rings is 1. The van der Waals surface area contributed by atoms with Gasteiger partial charge in [-0.1, -0.05) is 18.2 Å². The van der Waals surface area contributed by atoms with Gasteiger partial charge in [0.15, 0.2) is 0 Å². The van der Waals surface area contributed by atoms with E-state index in [0.29, 0.717) is 31.8 Å². The fourth-order valence-corrected chi connectivity index (χ4v) is 2.84. The van der Waals surface area contributed by atoms with Gasteiger partial charge < -0.3 is 20.7 Å². The highest BCUT2D eigenvalue weighted by atomic mass is 35.5. The van der Waals surface area contributed by atoms with E-state index in [1.165, 1.54) is 11.3 Å². The van der Waals surface area contributed by atoms with Crippen LogP contribution in [0.25, 0.3) is 0 Å². The van der Waals surface area contributed by atoms with Crippen molar-refractivity contribution in [1.82, 2.24) is 15.2 Å². The van der Waals surface area contributed by atoms with E-state index in [9.17, 15) is 4.79 Å². The third-order valence-corrected chi connectivity index (χ3v) is 4.26. The number of hydrogen-bond donors (Lipinski definition) is 2. The van der Waals surface area contributed by atoms with Crippen molar-refractivity contribution >= 4 is 42.1 Å². The van der Waals surface area contributed by atoms with E-state index >= 15 is 0 Å². The minimum absolute atomic E-state index is 0. The topological polar surface area (TPSA) is 80.5 Å². The fraction of sp³-hybridized carbons (Fsp3) is 0.412. The van der Waals surface area contributed by atoms with Crippen LogP contribution < -0.4 is 15.8 Å². The monoisotopic (exact) mass is 420 g/mol. The molecule has 0 aliphatic carbocycles. The van der Waals surface area contributed by atoms with Crippen molar-refractivity contribution in [2.24, 2.45) is 5.73 Å². The van der Waals surface area contributed by atoms with Crippen molar-refractivity contribution in [3.8, 4) is 5.75 Å². The summed E-state index contributed by atoms with van der Waals surface area (Å²) in [5, 5.41) is 5.54. The molecule has 146 valence electrons. The van der Waals surface area contributed by atoms with Crippen molar-refractivity contribution < 1.29 is 9.53 Å². The van der Waals surface area contributed by atoms with Crippen LogP contribution in [0.3, 0.4) is 0 Å². The first kappa shape index (κ1) is 24.6. The number of nitrogens with zero attached hydrogens (tertiary/aromatic N) is 2. The largest absolute Gasteiger partial charge is 0.492 e. The smallest absolute Gasteiger partial charge is 0.271 e. The number of thiazole rings is 1. The number of carbonyl (C=O) groups excluding carboxylic acids is 1. The molecule has 0 radical (unpaired) electrons. The molecule has 0 bridgehead atoms. The first-order valence-electron chi connectivity index (χ1n) is 7.88. The van der Waals surface area contributed by atoms with Gasteiger partial charge in [0.25, 0.3) is 5.91 Å². The Balaban J connectivity index is 0.00000312. The Labute approximate surface area is 170 Å². The quantitative estimate of drug-likeness (QED) is 0.650. The average Bonchev–Trinajstić information content (AvgIpc) is 3.02. The van der Waals surface area contributed by atoms with Crippen molar-refractivity contribution in [2.75, 3.05) is 33.8 Å². The lowest BCUT2D eigenvalue weighted by atomic mass is 10.2. The Morgan fingerprint density at radius 1 is 1.31 bits per heavy atom. The number of aromatic nitrogens is 1. The number of carbonyl (C=O) groups is 1. The van der Waals surface area contributed by atoms with E-state index in [-0.39, 0.29) is 30.7 Å². The maximum Gasteiger partial charge on any atom is 0.271 e. The van der Waals surface area contributed by atoms with E-state index < -0.39 is 0 Å². The number of rotatable bonds is 9. The predicted molar refractivity (Wildman–Crippen MR) is 111 cm³/mol. The molecule has 0 spiro atoms. The van der Waals surface area contributed by atoms with E-state index in [1.807, 2.05) is 38.4 Å². The number of nitrogens with two attached hydrogens (primary N) is 1. The summed E-state index contributed by atoms with van der Waals surface area (Å²) in [6, 6.07) is 7.73. The van der Waals surface area contributed by atoms with Crippen LogP contribution >= 0.6 is 36.2 Å². The Kier molecular flexibility index (Phi) is 12.2. The lowest BCUT2D eigenvalue weighted by Crippen LogP contribution is -2.24. The molecular formula is C17H26Cl2N4O2S. The average molecular weight is 421 g/mol. The van der Waals surface area contributed by atoms with Gasteiger partial charge in [0.2, 0.25) is 0 Å². The highest BCUT2D eigenvalue weighted by molar-refractivity contribution is 7.09. The second kappa shape index (κ2) is 12.9. The van der Waals surface area contributed by atoms with Crippen molar-refractivity contribution in [3.63, 3.8) is 0 Å². The van der Waals surface area contributed by atoms with E-state index in [4.69, 9.17) is 10.5 Å². The van der Waals surface area contributed by atoms with E-state index in [1.54, 1.807) is 5.38 Å². The summed E-state index contributed by atoms with van der Waals surface area (Å²) < 4.78 is 5.80. The molecular weight excluding hydrogens is 395 g/mol. The van der Waals surface area contributed by atoms with Crippen molar-refractivity contribution in [2.45, 2.75) is 13.0 Å². The summed E-state index contributed by atoms with van der Waals surface area (Å²) in [6.07, 6.45) is 0.695. The van der Waals surface area contributed by atoms with Gasteiger partial charge in [-0.15, -0.1) is 36.2 Å². The van der Waals surface area contributed by atoms with Crippen LogP contribution in [-0.2, 0) is 13.0 Å². The zero-order valence-corrected chi connectivity index (χ0v) is 17.4. The zero-order chi connectivity index (χ0) is 17.4. The summed E-state index contributed by atoms with van der Waals surface area (Å²) in [6.45, 7) is 2.38. The van der Waals surface area contributed by atoms with E-state index in [0.717, 1.165) is 22.9 Å². The second-order valence-electron chi connectivity index (χ2n) is 5.61. The molecule has 1 aromatic heterocycles. The third kappa shape index (κ3) is 7.88. The van der Waals surface area contributed by atoms with Crippen LogP contribution in [0.4, 0.5) is 0 Å². The Morgan fingerprint density at radius 2 is 2.04 bits per heavy atom. The predicted octanol–water partition coefficient (Wildman–Crippen LogP) is 2.36. The van der Waals surface area contributed by atoms with Gasteiger partial charge >= 0.3 is 0 Å². The minimum atomic E-state index is -0.183. The highest BCUT2D eigenvalue weighted by Gasteiger charge is 2.11. The number of ether oxygens (including phenoxy) is 1. The minimum Gasteiger partial charge on any atom is -0.492 e. The number of amides is 1. The molecule has 0 aliphatic heterocycles. The molecule has 1 aromatic carbocycles. The lowest BCUT2D eigenvalue weighted by molar-refractivity contribution is 0.0946. The van der Waals surface area contributed by atoms with Gasteiger partial charge in [-0.25, -0.2) is 4.98 Å². The summed E-state index contributed by atoms with van der Waals surface area (Å²) in [5.41, 5.74) is 6.89. The molecule has 1 heterocycles. The SMILES string of the molecule is CN(C)CCOc1ccccc1CNC(=O)c1csc(CCN)n1.Cl.Cl. The summed E-state index contributed by atoms with van der Waals surface area (Å²) in [7, 11) is 4.00. The maximum atomic E-state index is 12.2. The van der Waals surface area contributed by atoms with Gasteiger partial charge in [-0.2, -0.15) is 0 Å². The Bertz CT molecular complexity index is 668. The van der Waals surface area contributed by atoms with Crippen LogP contribution in [0, 0.1) is 0 Å². The van der Waals surface area contributed by atoms with Crippen molar-refractivity contribution in [1.29, 1.82) is 0 Å². The van der Waals surface area contributed by atoms with Crippen LogP contribution in [0.1, 0.15) is 21.1 Å². The normalized spacial score (nSPS) is 10.0. The number of hydrogen-bond acceptors (Lipinski definition) is 6. The molecule has 1 amide bonds. The number of para-hydroxylation sites is 1. The number of nitrogens with one attached hydrogen (secondary N) is 1. The molecule has 0 saturated heterocycles. The van der Waals surface area contributed by atoms with Gasteiger partial charge in [0, 0.05) is 30.5 Å². The molecule has 9 heteroatoms. The molecule has 3 N–H and O–H groups in total. The Morgan fingerprint density at radius 3 is 2.73 bits per heavy atom. The summed E-state index contributed by atoms with van der Waals surface area (Å²) in [5.74, 6) is 0.611. The van der Waals surface area contributed by atoms with Crippen LogP contribution in [0.15, 0.2) is 29.6 Å². The first-order chi connectivity index (χ1) is 11.6. The number of halogens is 2. The highest BCUT2D eigenvalue weighted by Crippen LogP contribution is 2.18. The Hall–Kier alpha value is -1.38. The molecule has 0 aliphatic rings. The number of likely N-dealkylation sites (N-methyl/N-ethyl adjacent to an activating group) is 1. The van der Waals surface area contributed by atoms with Crippen molar-refractivity contribution in [3.05, 3.63) is 45.9 Å². The van der Waals surface area contributed by atoms with Crippen LogP contribution in [0.2, 0.25) is 0 Å². The van der Waals surface area contributed by atoms with Crippen LogP contribution in [0.5, 0.6) is 5.75 Å². The maximum absolute atomic E-state index is 12.2.